The molecule has 1 aromatic heterocycles. The van der Waals surface area contributed by atoms with E-state index in [1.54, 1.807) is 0 Å². The highest BCUT2D eigenvalue weighted by Crippen LogP contribution is 2.29. The highest BCUT2D eigenvalue weighted by molar-refractivity contribution is 5.70. The Morgan fingerprint density at radius 3 is 3.25 bits per heavy atom. The van der Waals surface area contributed by atoms with E-state index >= 15 is 0 Å². The zero-order valence-electron chi connectivity index (χ0n) is 9.07. The minimum Gasteiger partial charge on any atom is -0.481 e. The number of hydrogen-bond donors (Lipinski definition) is 2. The molecule has 0 aromatic carbocycles. The van der Waals surface area contributed by atoms with Crippen molar-refractivity contribution in [3.63, 3.8) is 0 Å². The minimum atomic E-state index is -0.690. The summed E-state index contributed by atoms with van der Waals surface area (Å²) >= 11 is 0. The first kappa shape index (κ1) is 9.69. The second-order valence-electron chi connectivity index (χ2n) is 4.54. The number of aromatic nitrogens is 2. The molecule has 1 aromatic rings. The Bertz CT molecular complexity index is 439. The summed E-state index contributed by atoms with van der Waals surface area (Å²) < 4.78 is 2.22. The molecule has 0 saturated carbocycles. The van der Waals surface area contributed by atoms with Crippen LogP contribution < -0.4 is 5.32 Å². The highest BCUT2D eigenvalue weighted by atomic mass is 16.4. The molecule has 0 bridgehead atoms. The quantitative estimate of drug-likeness (QED) is 0.739. The molecule has 0 fully saturated rings. The molecule has 5 nitrogen and oxygen atoms in total. The van der Waals surface area contributed by atoms with Crippen LogP contribution in [-0.4, -0.2) is 27.2 Å². The van der Waals surface area contributed by atoms with Crippen LogP contribution in [0.1, 0.15) is 24.2 Å². The molecule has 0 saturated heterocycles. The second kappa shape index (κ2) is 3.50. The summed E-state index contributed by atoms with van der Waals surface area (Å²) in [6.07, 6.45) is 3.30. The number of fused-ring (bicyclic) bond motifs is 3. The largest absolute Gasteiger partial charge is 0.481 e. The topological polar surface area (TPSA) is 67.1 Å². The van der Waals surface area contributed by atoms with E-state index in [4.69, 9.17) is 5.11 Å². The minimum absolute atomic E-state index is 0.246. The van der Waals surface area contributed by atoms with Crippen LogP contribution in [0, 0.1) is 5.92 Å². The average molecular weight is 221 g/mol. The fourth-order valence-electron chi connectivity index (χ4n) is 2.65. The maximum atomic E-state index is 11.0. The number of nitrogens with zero attached hydrogens (tertiary/aromatic N) is 2. The lowest BCUT2D eigenvalue weighted by atomic mass is 9.90. The van der Waals surface area contributed by atoms with Crippen molar-refractivity contribution in [3.8, 4) is 0 Å². The van der Waals surface area contributed by atoms with E-state index in [9.17, 15) is 4.79 Å². The number of hydrogen-bond acceptors (Lipinski definition) is 3. The van der Waals surface area contributed by atoms with Crippen LogP contribution in [0.4, 0.5) is 5.95 Å². The number of rotatable bonds is 1. The highest BCUT2D eigenvalue weighted by Gasteiger charge is 2.29. The summed E-state index contributed by atoms with van der Waals surface area (Å²) in [5, 5.41) is 12.3. The van der Waals surface area contributed by atoms with Gasteiger partial charge in [0.15, 0.2) is 0 Å². The van der Waals surface area contributed by atoms with E-state index in [1.165, 1.54) is 5.69 Å². The third-order valence-corrected chi connectivity index (χ3v) is 3.52. The number of carbonyl (C=O) groups is 1. The Morgan fingerprint density at radius 2 is 2.44 bits per heavy atom. The predicted molar refractivity (Wildman–Crippen MR) is 58.5 cm³/mol. The van der Waals surface area contributed by atoms with E-state index in [1.807, 2.05) is 0 Å². The van der Waals surface area contributed by atoms with Gasteiger partial charge in [-0.25, -0.2) is 4.98 Å². The first-order chi connectivity index (χ1) is 7.75. The van der Waals surface area contributed by atoms with Gasteiger partial charge in [-0.15, -0.1) is 0 Å². The predicted octanol–water partition coefficient (Wildman–Crippen LogP) is 0.888. The van der Waals surface area contributed by atoms with E-state index in [0.29, 0.717) is 6.42 Å². The lowest BCUT2D eigenvalue weighted by Crippen LogP contribution is -2.24. The van der Waals surface area contributed by atoms with Crippen molar-refractivity contribution in [3.05, 3.63) is 11.4 Å². The number of nitrogens with one attached hydrogen (secondary N) is 1. The van der Waals surface area contributed by atoms with E-state index in [0.717, 1.165) is 44.0 Å². The molecule has 3 rings (SSSR count). The first-order valence-electron chi connectivity index (χ1n) is 5.80. The van der Waals surface area contributed by atoms with Gasteiger partial charge >= 0.3 is 5.97 Å². The summed E-state index contributed by atoms with van der Waals surface area (Å²) in [7, 11) is 0. The van der Waals surface area contributed by atoms with Crippen molar-refractivity contribution in [2.75, 3.05) is 11.9 Å². The Labute approximate surface area is 93.5 Å². The van der Waals surface area contributed by atoms with Crippen LogP contribution >= 0.6 is 0 Å². The van der Waals surface area contributed by atoms with E-state index in [-0.39, 0.29) is 5.92 Å². The van der Waals surface area contributed by atoms with Crippen molar-refractivity contribution >= 4 is 11.9 Å². The third kappa shape index (κ3) is 1.38. The zero-order chi connectivity index (χ0) is 11.1. The molecule has 1 atom stereocenters. The number of aliphatic carboxylic acids is 1. The molecule has 0 radical (unpaired) electrons. The van der Waals surface area contributed by atoms with Crippen LogP contribution in [0.15, 0.2) is 0 Å². The maximum Gasteiger partial charge on any atom is 0.306 e. The van der Waals surface area contributed by atoms with Crippen LogP contribution in [0.2, 0.25) is 0 Å². The number of imidazole rings is 1. The van der Waals surface area contributed by atoms with Crippen molar-refractivity contribution in [1.82, 2.24) is 9.55 Å². The van der Waals surface area contributed by atoms with Gasteiger partial charge in [-0.05, 0) is 19.3 Å². The summed E-state index contributed by atoms with van der Waals surface area (Å²) in [4.78, 5) is 15.5. The first-order valence-corrected chi connectivity index (χ1v) is 5.80. The second-order valence-corrected chi connectivity index (χ2v) is 4.54. The molecular formula is C11H15N3O2. The molecule has 1 aliphatic carbocycles. The van der Waals surface area contributed by atoms with Gasteiger partial charge in [0, 0.05) is 25.2 Å². The van der Waals surface area contributed by atoms with Crippen LogP contribution in [0.25, 0.3) is 0 Å². The molecule has 1 aliphatic heterocycles. The summed E-state index contributed by atoms with van der Waals surface area (Å²) in [5.74, 6) is -0.00340. The van der Waals surface area contributed by atoms with Crippen molar-refractivity contribution < 1.29 is 9.90 Å². The molecular weight excluding hydrogens is 206 g/mol. The molecule has 0 amide bonds. The van der Waals surface area contributed by atoms with E-state index in [2.05, 4.69) is 14.9 Å². The smallest absolute Gasteiger partial charge is 0.306 e. The Morgan fingerprint density at radius 1 is 1.56 bits per heavy atom. The lowest BCUT2D eigenvalue weighted by molar-refractivity contribution is -0.142. The van der Waals surface area contributed by atoms with Gasteiger partial charge in [0.2, 0.25) is 5.95 Å². The SMILES string of the molecule is O=C(O)C1CCc2c(nc3n2CCCN3)C1. The fraction of sp³-hybridized carbons (Fsp3) is 0.636. The number of carboxylic acid groups (broad SMARTS) is 1. The van der Waals surface area contributed by atoms with Crippen molar-refractivity contribution in [2.45, 2.75) is 32.2 Å². The van der Waals surface area contributed by atoms with Gasteiger partial charge in [-0.1, -0.05) is 0 Å². The molecule has 2 heterocycles. The van der Waals surface area contributed by atoms with Crippen LogP contribution in [0.3, 0.4) is 0 Å². The van der Waals surface area contributed by atoms with Gasteiger partial charge in [-0.2, -0.15) is 0 Å². The normalized spacial score (nSPS) is 23.1. The lowest BCUT2D eigenvalue weighted by Gasteiger charge is -2.21. The molecule has 2 aliphatic rings. The molecule has 5 heteroatoms. The van der Waals surface area contributed by atoms with Crippen molar-refractivity contribution in [2.24, 2.45) is 5.92 Å². The monoisotopic (exact) mass is 221 g/mol. The Balaban J connectivity index is 1.94. The van der Waals surface area contributed by atoms with Gasteiger partial charge in [0.05, 0.1) is 11.6 Å². The maximum absolute atomic E-state index is 11.0. The molecule has 0 spiro atoms. The van der Waals surface area contributed by atoms with Gasteiger partial charge < -0.3 is 15.0 Å². The zero-order valence-corrected chi connectivity index (χ0v) is 9.07. The standard InChI is InChI=1S/C11H15N3O2/c15-10(16)7-2-3-9-8(6-7)13-11-12-4-1-5-14(9)11/h7H,1-6H2,(H,12,13)(H,15,16). The van der Waals surface area contributed by atoms with Crippen LogP contribution in [-0.2, 0) is 24.2 Å². The number of anilines is 1. The van der Waals surface area contributed by atoms with Gasteiger partial charge in [0.1, 0.15) is 0 Å². The van der Waals surface area contributed by atoms with Crippen LogP contribution in [0.5, 0.6) is 0 Å². The van der Waals surface area contributed by atoms with Gasteiger partial charge in [0.25, 0.3) is 0 Å². The van der Waals surface area contributed by atoms with Crippen molar-refractivity contribution in [1.29, 1.82) is 0 Å². The van der Waals surface area contributed by atoms with E-state index < -0.39 is 5.97 Å². The molecule has 2 N–H and O–H groups in total. The Kier molecular flexibility index (Phi) is 2.12. The summed E-state index contributed by atoms with van der Waals surface area (Å²) in [6.45, 7) is 1.99. The molecule has 1 unspecified atom stereocenters. The fourth-order valence-corrected chi connectivity index (χ4v) is 2.65. The summed E-state index contributed by atoms with van der Waals surface area (Å²) in [6, 6.07) is 0. The summed E-state index contributed by atoms with van der Waals surface area (Å²) in [5.41, 5.74) is 2.24. The third-order valence-electron chi connectivity index (χ3n) is 3.52. The van der Waals surface area contributed by atoms with Gasteiger partial charge in [-0.3, -0.25) is 4.79 Å². The molecule has 86 valence electrons. The average Bonchev–Trinajstić information content (AvgIpc) is 2.66. The molecule has 16 heavy (non-hydrogen) atoms. The Hall–Kier alpha value is -1.52. The number of carboxylic acids is 1.